The number of esters is 1. The van der Waals surface area contributed by atoms with E-state index in [9.17, 15) is 19.8 Å². The number of aromatic hydroxyl groups is 2. The van der Waals surface area contributed by atoms with Crippen molar-refractivity contribution in [2.75, 3.05) is 7.11 Å². The van der Waals surface area contributed by atoms with Crippen molar-refractivity contribution in [1.29, 1.82) is 0 Å². The summed E-state index contributed by atoms with van der Waals surface area (Å²) in [4.78, 5) is 27.7. The van der Waals surface area contributed by atoms with Gasteiger partial charge in [0.05, 0.1) is 19.1 Å². The van der Waals surface area contributed by atoms with Gasteiger partial charge in [-0.1, -0.05) is 18.2 Å². The Labute approximate surface area is 155 Å². The molecule has 0 unspecified atom stereocenters. The van der Waals surface area contributed by atoms with E-state index in [0.29, 0.717) is 12.0 Å². The largest absolute Gasteiger partial charge is 0.508 e. The van der Waals surface area contributed by atoms with Crippen molar-refractivity contribution in [3.05, 3.63) is 58.8 Å². The Hall–Kier alpha value is -3.28. The molecule has 2 aromatic carbocycles. The first-order chi connectivity index (χ1) is 13.0. The molecule has 0 spiro atoms. The Balaban J connectivity index is 1.95. The van der Waals surface area contributed by atoms with Crippen LogP contribution in [0.4, 0.5) is 0 Å². The number of H-pyrrole nitrogens is 1. The van der Waals surface area contributed by atoms with E-state index >= 15 is 0 Å². The third-order valence-corrected chi connectivity index (χ3v) is 5.23. The first-order valence-electron chi connectivity index (χ1n) is 8.75. The van der Waals surface area contributed by atoms with Crippen LogP contribution in [0.5, 0.6) is 11.5 Å². The number of aromatic amines is 1. The minimum absolute atomic E-state index is 0.0384. The van der Waals surface area contributed by atoms with Gasteiger partial charge in [-0.05, 0) is 30.2 Å². The number of ether oxygens (including phenoxy) is 1. The number of para-hydroxylation sites is 1. The molecule has 0 aliphatic heterocycles. The van der Waals surface area contributed by atoms with Crippen LogP contribution in [0, 0.1) is 0 Å². The standard InChI is InChI=1S/C21H19NO5/c1-27-18(26)10-13-11-4-2-3-5-14(11)22-21(13)12-6-7-16(24)20-17(25)9-8-15(23)19(12)20/h2-5,8-9,12,22-23,25H,6-7,10H2,1H3/t12-/m0/s1. The van der Waals surface area contributed by atoms with E-state index in [4.69, 9.17) is 4.74 Å². The predicted octanol–water partition coefficient (Wildman–Crippen LogP) is 3.40. The molecule has 4 rings (SSSR count). The van der Waals surface area contributed by atoms with Crippen molar-refractivity contribution in [3.63, 3.8) is 0 Å². The normalized spacial score (nSPS) is 16.3. The number of nitrogens with one attached hydrogen (secondary N) is 1. The molecular formula is C21H19NO5. The molecule has 138 valence electrons. The fraction of sp³-hybridized carbons (Fsp3) is 0.238. The van der Waals surface area contributed by atoms with E-state index in [1.807, 2.05) is 24.3 Å². The average molecular weight is 365 g/mol. The molecule has 1 heterocycles. The summed E-state index contributed by atoms with van der Waals surface area (Å²) in [7, 11) is 1.34. The Morgan fingerprint density at radius 2 is 1.93 bits per heavy atom. The second-order valence-corrected chi connectivity index (χ2v) is 6.72. The number of phenols is 2. The molecule has 0 radical (unpaired) electrons. The highest BCUT2D eigenvalue weighted by Crippen LogP contribution is 2.46. The Kier molecular flexibility index (Phi) is 4.11. The Morgan fingerprint density at radius 1 is 1.19 bits per heavy atom. The molecule has 1 aliphatic rings. The summed E-state index contributed by atoms with van der Waals surface area (Å²) in [6, 6.07) is 10.3. The monoisotopic (exact) mass is 365 g/mol. The van der Waals surface area contributed by atoms with Crippen molar-refractivity contribution in [1.82, 2.24) is 4.98 Å². The fourth-order valence-corrected chi connectivity index (χ4v) is 4.00. The number of carbonyl (C=O) groups excluding carboxylic acids is 2. The molecule has 27 heavy (non-hydrogen) atoms. The van der Waals surface area contributed by atoms with Gasteiger partial charge in [0.25, 0.3) is 0 Å². The summed E-state index contributed by atoms with van der Waals surface area (Å²) in [5.41, 5.74) is 2.98. The van der Waals surface area contributed by atoms with E-state index in [0.717, 1.165) is 22.2 Å². The topological polar surface area (TPSA) is 99.6 Å². The van der Waals surface area contributed by atoms with Gasteiger partial charge in [0.2, 0.25) is 0 Å². The van der Waals surface area contributed by atoms with Gasteiger partial charge in [-0.3, -0.25) is 9.59 Å². The molecule has 0 bridgehead atoms. The van der Waals surface area contributed by atoms with Gasteiger partial charge in [0.1, 0.15) is 11.5 Å². The molecule has 0 saturated heterocycles. The van der Waals surface area contributed by atoms with Crippen molar-refractivity contribution in [2.45, 2.75) is 25.2 Å². The predicted molar refractivity (Wildman–Crippen MR) is 99.2 cm³/mol. The summed E-state index contributed by atoms with van der Waals surface area (Å²) in [5.74, 6) is -1.07. The van der Waals surface area contributed by atoms with Crippen LogP contribution in [-0.2, 0) is 16.0 Å². The number of fused-ring (bicyclic) bond motifs is 2. The van der Waals surface area contributed by atoms with Gasteiger partial charge >= 0.3 is 5.97 Å². The van der Waals surface area contributed by atoms with Crippen molar-refractivity contribution >= 4 is 22.7 Å². The molecule has 0 saturated carbocycles. The number of benzene rings is 2. The number of carbonyl (C=O) groups is 2. The lowest BCUT2D eigenvalue weighted by molar-refractivity contribution is -0.139. The number of aromatic nitrogens is 1. The van der Waals surface area contributed by atoms with Crippen LogP contribution in [0.2, 0.25) is 0 Å². The van der Waals surface area contributed by atoms with Crippen LogP contribution in [-0.4, -0.2) is 34.1 Å². The van der Waals surface area contributed by atoms with Gasteiger partial charge in [-0.25, -0.2) is 0 Å². The zero-order valence-corrected chi connectivity index (χ0v) is 14.8. The maximum Gasteiger partial charge on any atom is 0.310 e. The second kappa shape index (κ2) is 6.46. The highest BCUT2D eigenvalue weighted by atomic mass is 16.5. The summed E-state index contributed by atoms with van der Waals surface area (Å²) in [6.07, 6.45) is 0.806. The van der Waals surface area contributed by atoms with Crippen LogP contribution >= 0.6 is 0 Å². The highest BCUT2D eigenvalue weighted by Gasteiger charge is 2.34. The number of rotatable bonds is 3. The third-order valence-electron chi connectivity index (χ3n) is 5.23. The molecular weight excluding hydrogens is 346 g/mol. The van der Waals surface area contributed by atoms with Crippen LogP contribution in [0.25, 0.3) is 10.9 Å². The molecule has 3 N–H and O–H groups in total. The van der Waals surface area contributed by atoms with Gasteiger partial charge < -0.3 is 19.9 Å². The zero-order chi connectivity index (χ0) is 19.1. The quantitative estimate of drug-likeness (QED) is 0.488. The van der Waals surface area contributed by atoms with Crippen LogP contribution in [0.1, 0.15) is 45.9 Å². The van der Waals surface area contributed by atoms with Crippen molar-refractivity contribution in [2.24, 2.45) is 0 Å². The molecule has 0 amide bonds. The lowest BCUT2D eigenvalue weighted by Gasteiger charge is -2.26. The second-order valence-electron chi connectivity index (χ2n) is 6.72. The molecule has 1 atom stereocenters. The number of hydrogen-bond acceptors (Lipinski definition) is 5. The molecule has 1 aliphatic carbocycles. The maximum atomic E-state index is 12.4. The third kappa shape index (κ3) is 2.73. The lowest BCUT2D eigenvalue weighted by Crippen LogP contribution is -2.19. The summed E-state index contributed by atoms with van der Waals surface area (Å²) in [5, 5.41) is 21.5. The highest BCUT2D eigenvalue weighted by molar-refractivity contribution is 6.02. The van der Waals surface area contributed by atoms with Gasteiger partial charge in [0, 0.05) is 34.5 Å². The molecule has 6 nitrogen and oxygen atoms in total. The molecule has 3 aromatic rings. The SMILES string of the molecule is COC(=O)Cc1c([C@H]2CCC(=O)c3c(O)ccc(O)c32)[nH]c2ccccc12. The van der Waals surface area contributed by atoms with Crippen molar-refractivity contribution in [3.8, 4) is 11.5 Å². The summed E-state index contributed by atoms with van der Waals surface area (Å²) in [6.45, 7) is 0. The van der Waals surface area contributed by atoms with E-state index in [1.165, 1.54) is 19.2 Å². The van der Waals surface area contributed by atoms with E-state index in [2.05, 4.69) is 4.98 Å². The Morgan fingerprint density at radius 3 is 2.70 bits per heavy atom. The van der Waals surface area contributed by atoms with Crippen LogP contribution in [0.15, 0.2) is 36.4 Å². The number of ketones is 1. The van der Waals surface area contributed by atoms with E-state index in [1.54, 1.807) is 0 Å². The van der Waals surface area contributed by atoms with Gasteiger partial charge in [-0.15, -0.1) is 0 Å². The Bertz CT molecular complexity index is 1070. The van der Waals surface area contributed by atoms with Crippen LogP contribution < -0.4 is 0 Å². The lowest BCUT2D eigenvalue weighted by atomic mass is 9.78. The smallest absolute Gasteiger partial charge is 0.310 e. The number of methoxy groups -OCH3 is 1. The molecule has 1 aromatic heterocycles. The minimum atomic E-state index is -0.367. The number of Topliss-reactive ketones (excluding diaryl/α,β-unsaturated/α-hetero) is 1. The fourth-order valence-electron chi connectivity index (χ4n) is 4.00. The van der Waals surface area contributed by atoms with Gasteiger partial charge in [-0.2, -0.15) is 0 Å². The van der Waals surface area contributed by atoms with Crippen LogP contribution in [0.3, 0.4) is 0 Å². The number of hydrogen-bond donors (Lipinski definition) is 3. The van der Waals surface area contributed by atoms with Crippen molar-refractivity contribution < 1.29 is 24.5 Å². The summed E-state index contributed by atoms with van der Waals surface area (Å²) < 4.78 is 4.85. The first kappa shape index (κ1) is 17.1. The first-order valence-corrected chi connectivity index (χ1v) is 8.75. The maximum absolute atomic E-state index is 12.4. The van der Waals surface area contributed by atoms with Gasteiger partial charge in [0.15, 0.2) is 5.78 Å². The van der Waals surface area contributed by atoms with E-state index < -0.39 is 0 Å². The minimum Gasteiger partial charge on any atom is -0.508 e. The molecule has 6 heteroatoms. The molecule has 0 fully saturated rings. The summed E-state index contributed by atoms with van der Waals surface area (Å²) >= 11 is 0. The van der Waals surface area contributed by atoms with E-state index in [-0.39, 0.29) is 47.6 Å². The average Bonchev–Trinajstić information content (AvgIpc) is 3.03. The number of phenolic OH excluding ortho intramolecular Hbond substituents is 2. The zero-order valence-electron chi connectivity index (χ0n) is 14.8.